The number of hydrogen-bond donors (Lipinski definition) is 11. The highest BCUT2D eigenvalue weighted by molar-refractivity contribution is 5.71. The number of aliphatic hydroxyl groups is 9. The smallest absolute Gasteiger partial charge is 0.311 e. The summed E-state index contributed by atoms with van der Waals surface area (Å²) in [6.07, 6.45) is 7.24. The van der Waals surface area contributed by atoms with Gasteiger partial charge in [-0.05, 0) is 33.1 Å². The molecule has 18 atom stereocenters. The molecule has 3 rings (SSSR count). The number of fused-ring (bicyclic) bond motifs is 2. The van der Waals surface area contributed by atoms with E-state index in [1.807, 2.05) is 49.5 Å². The summed E-state index contributed by atoms with van der Waals surface area (Å²) in [6.45, 7) is 6.87. The van der Waals surface area contributed by atoms with Gasteiger partial charge in [0.2, 0.25) is 0 Å². The first-order valence-corrected chi connectivity index (χ1v) is 22.2. The van der Waals surface area contributed by atoms with Crippen molar-refractivity contribution in [2.75, 3.05) is 0 Å². The molecule has 0 amide bonds. The number of hydrogen-bond acceptors (Lipinski definition) is 16. The molecule has 17 nitrogen and oxygen atoms in total. The summed E-state index contributed by atoms with van der Waals surface area (Å²) in [6, 6.07) is -0.671. The number of carbonyl (C=O) groups is 2. The summed E-state index contributed by atoms with van der Waals surface area (Å²) in [5.41, 5.74) is 6.12. The van der Waals surface area contributed by atoms with Gasteiger partial charge >= 0.3 is 11.9 Å². The average molecular weight is 908 g/mol. The van der Waals surface area contributed by atoms with E-state index in [0.29, 0.717) is 0 Å². The van der Waals surface area contributed by atoms with Gasteiger partial charge in [0.1, 0.15) is 12.0 Å². The summed E-state index contributed by atoms with van der Waals surface area (Å²) in [7, 11) is 0. The number of carboxylic acid groups (broad SMARTS) is 1. The van der Waals surface area contributed by atoms with Crippen LogP contribution in [0.1, 0.15) is 85.5 Å². The topological polar surface area (TPSA) is 299 Å². The standard InChI is InChI=1S/C47H73NO16/c1-28-17-15-13-11-9-7-5-6-8-10-12-14-16-18-35(63-42-25-36(48)45(57)31(4)62-42)24-40-43(46(58)59)39(54)27-47(60,64-40)26-34(51)22-38(53)37(52)20-19-32(49)21-33(50)23-41(55)61-30(3)29(2)44(28)56/h5-18,28-40,42-45,49-54,56-57,60H,19-27,48H2,1-4H3,(H,58,59)/b6-5+,9-7+,10-8+,13-11+,14-12+,17-15+,18-16+/t28-,29-,30-,31+,32+,33+,34-,35-,36+,37+,38+,39-,40-,42-,43?,44+,45+,47+/m0/s1. The highest BCUT2D eigenvalue weighted by Crippen LogP contribution is 2.38. The molecule has 2 bridgehead atoms. The quantitative estimate of drug-likeness (QED) is 0.180. The van der Waals surface area contributed by atoms with Crippen LogP contribution in [0.3, 0.4) is 0 Å². The highest BCUT2D eigenvalue weighted by atomic mass is 16.7. The molecule has 0 saturated carbocycles. The number of aliphatic carboxylic acids is 1. The van der Waals surface area contributed by atoms with E-state index in [0.717, 1.165) is 0 Å². The summed E-state index contributed by atoms with van der Waals surface area (Å²) >= 11 is 0. The Morgan fingerprint density at radius 2 is 1.25 bits per heavy atom. The molecular formula is C47H73NO16. The summed E-state index contributed by atoms with van der Waals surface area (Å²) < 4.78 is 23.5. The third-order valence-corrected chi connectivity index (χ3v) is 11.9. The molecule has 0 aromatic rings. The Kier molecular flexibility index (Phi) is 23.4. The number of carboxylic acids is 1. The van der Waals surface area contributed by atoms with Crippen LogP contribution in [0.5, 0.6) is 0 Å². The van der Waals surface area contributed by atoms with Crippen LogP contribution >= 0.6 is 0 Å². The van der Waals surface area contributed by atoms with Crippen LogP contribution < -0.4 is 5.73 Å². The molecule has 12 N–H and O–H groups in total. The van der Waals surface area contributed by atoms with Gasteiger partial charge in [0, 0.05) is 50.0 Å². The second kappa shape index (κ2) is 27.3. The van der Waals surface area contributed by atoms with E-state index in [-0.39, 0.29) is 38.0 Å². The largest absolute Gasteiger partial charge is 0.481 e. The third kappa shape index (κ3) is 18.8. The van der Waals surface area contributed by atoms with Gasteiger partial charge < -0.3 is 75.7 Å². The molecule has 3 aliphatic heterocycles. The molecule has 64 heavy (non-hydrogen) atoms. The molecule has 0 aliphatic carbocycles. The Labute approximate surface area is 376 Å². The third-order valence-electron chi connectivity index (χ3n) is 11.9. The predicted octanol–water partition coefficient (Wildman–Crippen LogP) is 1.74. The molecule has 0 aromatic carbocycles. The molecule has 0 radical (unpaired) electrons. The number of aliphatic hydroxyl groups excluding tert-OH is 8. The van der Waals surface area contributed by atoms with Crippen molar-refractivity contribution in [2.45, 2.75) is 177 Å². The van der Waals surface area contributed by atoms with E-state index in [9.17, 15) is 60.7 Å². The maximum atomic E-state index is 12.6. The maximum absolute atomic E-state index is 12.6. The Bertz CT molecular complexity index is 1620. The fourth-order valence-corrected chi connectivity index (χ4v) is 7.98. The van der Waals surface area contributed by atoms with Gasteiger partial charge in [-0.15, -0.1) is 0 Å². The number of rotatable bonds is 3. The maximum Gasteiger partial charge on any atom is 0.311 e. The lowest BCUT2D eigenvalue weighted by Gasteiger charge is -2.45. The first-order valence-electron chi connectivity index (χ1n) is 22.2. The minimum Gasteiger partial charge on any atom is -0.481 e. The van der Waals surface area contributed by atoms with Crippen molar-refractivity contribution in [1.29, 1.82) is 0 Å². The van der Waals surface area contributed by atoms with E-state index in [4.69, 9.17) is 24.7 Å². The molecule has 2 fully saturated rings. The van der Waals surface area contributed by atoms with Crippen molar-refractivity contribution in [3.05, 3.63) is 85.1 Å². The van der Waals surface area contributed by atoms with Crippen LogP contribution in [0.4, 0.5) is 0 Å². The number of carbonyl (C=O) groups excluding carboxylic acids is 1. The molecule has 362 valence electrons. The Morgan fingerprint density at radius 3 is 1.83 bits per heavy atom. The Morgan fingerprint density at radius 1 is 0.672 bits per heavy atom. The zero-order chi connectivity index (χ0) is 47.6. The molecule has 17 heteroatoms. The number of esters is 1. The van der Waals surface area contributed by atoms with Crippen LogP contribution in [-0.4, -0.2) is 154 Å². The van der Waals surface area contributed by atoms with Gasteiger partial charge in [-0.25, -0.2) is 0 Å². The Balaban J connectivity index is 1.84. The second-order valence-electron chi connectivity index (χ2n) is 17.5. The monoisotopic (exact) mass is 907 g/mol. The van der Waals surface area contributed by atoms with Gasteiger partial charge in [0.15, 0.2) is 12.1 Å². The van der Waals surface area contributed by atoms with Crippen LogP contribution in [0.2, 0.25) is 0 Å². The fourth-order valence-electron chi connectivity index (χ4n) is 7.98. The number of cyclic esters (lactones) is 1. The van der Waals surface area contributed by atoms with Crippen molar-refractivity contribution in [1.82, 2.24) is 0 Å². The summed E-state index contributed by atoms with van der Waals surface area (Å²) in [5, 5.41) is 107. The predicted molar refractivity (Wildman–Crippen MR) is 236 cm³/mol. The number of ether oxygens (including phenoxy) is 4. The average Bonchev–Trinajstić information content (AvgIpc) is 3.19. The molecule has 3 heterocycles. The van der Waals surface area contributed by atoms with Gasteiger partial charge in [-0.3, -0.25) is 9.59 Å². The molecule has 1 unspecified atom stereocenters. The zero-order valence-corrected chi connectivity index (χ0v) is 37.3. The van der Waals surface area contributed by atoms with Gasteiger partial charge in [0.05, 0.1) is 73.6 Å². The number of allylic oxidation sites excluding steroid dienone is 12. The molecule has 0 spiro atoms. The van der Waals surface area contributed by atoms with Crippen LogP contribution in [0.25, 0.3) is 0 Å². The van der Waals surface area contributed by atoms with Crippen molar-refractivity contribution in [3.8, 4) is 0 Å². The number of nitrogens with two attached hydrogens (primary N) is 1. The van der Waals surface area contributed by atoms with E-state index in [2.05, 4.69) is 0 Å². The zero-order valence-electron chi connectivity index (χ0n) is 37.3. The first kappa shape index (κ1) is 54.9. The van der Waals surface area contributed by atoms with Crippen molar-refractivity contribution in [3.63, 3.8) is 0 Å². The summed E-state index contributed by atoms with van der Waals surface area (Å²) in [5.74, 6) is -6.62. The first-order chi connectivity index (χ1) is 30.2. The van der Waals surface area contributed by atoms with E-state index < -0.39 is 141 Å². The fraction of sp³-hybridized carbons (Fsp3) is 0.660. The van der Waals surface area contributed by atoms with Gasteiger partial charge in [0.25, 0.3) is 0 Å². The van der Waals surface area contributed by atoms with E-state index in [1.54, 1.807) is 63.3 Å². The van der Waals surface area contributed by atoms with Gasteiger partial charge in [-0.2, -0.15) is 0 Å². The molecular weight excluding hydrogens is 835 g/mol. The normalized spacial score (nSPS) is 44.8. The minimum absolute atomic E-state index is 0.0903. The van der Waals surface area contributed by atoms with E-state index in [1.165, 1.54) is 0 Å². The van der Waals surface area contributed by atoms with E-state index >= 15 is 0 Å². The molecule has 0 aromatic heterocycles. The lowest BCUT2D eigenvalue weighted by atomic mass is 9.82. The van der Waals surface area contributed by atoms with Crippen molar-refractivity contribution >= 4 is 11.9 Å². The van der Waals surface area contributed by atoms with Crippen LogP contribution in [0, 0.1) is 17.8 Å². The minimum atomic E-state index is -2.27. The second-order valence-corrected chi connectivity index (χ2v) is 17.5. The van der Waals surface area contributed by atoms with Crippen LogP contribution in [-0.2, 0) is 28.5 Å². The lowest BCUT2D eigenvalue weighted by Crippen LogP contribution is -2.56. The molecule has 3 aliphatic rings. The van der Waals surface area contributed by atoms with Crippen molar-refractivity contribution in [2.24, 2.45) is 23.5 Å². The summed E-state index contributed by atoms with van der Waals surface area (Å²) in [4.78, 5) is 25.1. The highest BCUT2D eigenvalue weighted by Gasteiger charge is 2.50. The molecule has 2 saturated heterocycles. The lowest BCUT2D eigenvalue weighted by molar-refractivity contribution is -0.304. The SMILES string of the molecule is C[C@@H]1[C@H](O)[C@@H](C)/C=C/C=C/C=C/C=C/C=C/C=C/C=C/[C@H](O[C@H]2C[C@@H](N)[C@H](O)[C@@H](C)O2)C[C@@H]2O[C@](O)(C[C@@H](O)C[C@@H](O)[C@H](O)CC[C@@H](O)C[C@@H](O)CC(=O)O[C@H]1C)C[C@H](O)C2C(=O)O. The van der Waals surface area contributed by atoms with Crippen LogP contribution in [0.15, 0.2) is 85.1 Å². The van der Waals surface area contributed by atoms with Gasteiger partial charge in [-0.1, -0.05) is 98.9 Å². The van der Waals surface area contributed by atoms with Crippen molar-refractivity contribution < 1.29 is 79.6 Å². The Hall–Kier alpha value is -3.40.